The molecule has 0 heterocycles. The van der Waals surface area contributed by atoms with Gasteiger partial charge < -0.3 is 10.5 Å². The molecule has 2 rings (SSSR count). The second-order valence-corrected chi connectivity index (χ2v) is 7.22. The highest BCUT2D eigenvalue weighted by molar-refractivity contribution is 7.90. The Kier molecular flexibility index (Phi) is 4.48. The average Bonchev–Trinajstić information content (AvgIpc) is 2.40. The predicted octanol–water partition coefficient (Wildman–Crippen LogP) is 1.65. The van der Waals surface area contributed by atoms with Crippen molar-refractivity contribution in [1.82, 2.24) is 0 Å². The monoisotopic (exact) mass is 314 g/mol. The molecule has 0 aliphatic heterocycles. The molecule has 0 amide bonds. The first-order valence-corrected chi connectivity index (χ1v) is 8.59. The summed E-state index contributed by atoms with van der Waals surface area (Å²) in [4.78, 5) is 10.2. The van der Waals surface area contributed by atoms with Gasteiger partial charge in [0.1, 0.15) is 11.0 Å². The molecule has 1 aromatic carbocycles. The number of nitrogens with two attached hydrogens (primary N) is 1. The second kappa shape index (κ2) is 5.98. The van der Waals surface area contributed by atoms with E-state index in [0.29, 0.717) is 6.42 Å². The van der Waals surface area contributed by atoms with Crippen LogP contribution in [0.5, 0.6) is 5.75 Å². The first-order valence-electron chi connectivity index (χ1n) is 6.70. The molecule has 1 aromatic rings. The molecule has 0 radical (unpaired) electrons. The Bertz CT molecular complexity index is 644. The van der Waals surface area contributed by atoms with Gasteiger partial charge in [-0.1, -0.05) is 12.5 Å². The molecule has 1 fully saturated rings. The van der Waals surface area contributed by atoms with E-state index in [1.165, 1.54) is 18.2 Å². The molecule has 2 unspecified atom stereocenters. The Hall–Kier alpha value is -1.67. The molecule has 21 heavy (non-hydrogen) atoms. The first-order chi connectivity index (χ1) is 9.80. The van der Waals surface area contributed by atoms with Gasteiger partial charge in [0, 0.05) is 12.3 Å². The smallest absolute Gasteiger partial charge is 0.329 e. The molecule has 0 bridgehead atoms. The van der Waals surface area contributed by atoms with Gasteiger partial charge in [-0.25, -0.2) is 8.42 Å². The highest BCUT2D eigenvalue weighted by atomic mass is 32.2. The Balaban J connectivity index is 2.41. The second-order valence-electron chi connectivity index (χ2n) is 5.24. The molecule has 1 saturated carbocycles. The Morgan fingerprint density at radius 3 is 2.57 bits per heavy atom. The molecule has 1 aliphatic rings. The zero-order valence-electron chi connectivity index (χ0n) is 11.7. The molecular formula is C13H18N2O5S. The predicted molar refractivity (Wildman–Crippen MR) is 77.1 cm³/mol. The van der Waals surface area contributed by atoms with Crippen LogP contribution < -0.4 is 10.5 Å². The number of ether oxygens (including phenoxy) is 1. The van der Waals surface area contributed by atoms with Crippen LogP contribution >= 0.6 is 0 Å². The zero-order valence-corrected chi connectivity index (χ0v) is 12.5. The summed E-state index contributed by atoms with van der Waals surface area (Å²) in [5, 5.41) is 11.2. The fourth-order valence-electron chi connectivity index (χ4n) is 2.51. The van der Waals surface area contributed by atoms with Crippen LogP contribution in [0.2, 0.25) is 0 Å². The topological polar surface area (TPSA) is 113 Å². The summed E-state index contributed by atoms with van der Waals surface area (Å²) in [6.07, 6.45) is 4.06. The van der Waals surface area contributed by atoms with Gasteiger partial charge in [-0.2, -0.15) is 0 Å². The van der Waals surface area contributed by atoms with Crippen molar-refractivity contribution in [1.29, 1.82) is 0 Å². The maximum Gasteiger partial charge on any atom is 0.329 e. The minimum Gasteiger partial charge on any atom is -0.482 e. The number of sulfone groups is 1. The molecule has 7 nitrogen and oxygen atoms in total. The maximum atomic E-state index is 11.7. The standard InChI is InChI=1S/C13H18N2O5S/c1-21(18,19)12-8-4-7-11(13(12)15(16)17)20-10-6-3-2-5-9(10)14/h4,7-10H,2-3,5-6,14H2,1H3. The van der Waals surface area contributed by atoms with Crippen molar-refractivity contribution in [3.63, 3.8) is 0 Å². The average molecular weight is 314 g/mol. The van der Waals surface area contributed by atoms with Crippen LogP contribution in [-0.4, -0.2) is 31.7 Å². The normalized spacial score (nSPS) is 22.8. The van der Waals surface area contributed by atoms with Gasteiger partial charge in [-0.3, -0.25) is 10.1 Å². The van der Waals surface area contributed by atoms with Crippen molar-refractivity contribution < 1.29 is 18.1 Å². The van der Waals surface area contributed by atoms with E-state index in [1.807, 2.05) is 0 Å². The summed E-state index contributed by atoms with van der Waals surface area (Å²) in [6, 6.07) is 3.86. The zero-order chi connectivity index (χ0) is 15.6. The van der Waals surface area contributed by atoms with Gasteiger partial charge in [0.15, 0.2) is 15.6 Å². The van der Waals surface area contributed by atoms with Crippen molar-refractivity contribution in [2.24, 2.45) is 5.73 Å². The molecule has 0 aromatic heterocycles. The van der Waals surface area contributed by atoms with E-state index >= 15 is 0 Å². The van der Waals surface area contributed by atoms with E-state index in [-0.39, 0.29) is 22.8 Å². The van der Waals surface area contributed by atoms with Crippen LogP contribution in [0.3, 0.4) is 0 Å². The molecule has 2 atom stereocenters. The third-order valence-corrected chi connectivity index (χ3v) is 4.70. The van der Waals surface area contributed by atoms with Crippen molar-refractivity contribution in [2.75, 3.05) is 6.26 Å². The van der Waals surface area contributed by atoms with Crippen molar-refractivity contribution in [2.45, 2.75) is 42.7 Å². The Labute approximate surface area is 123 Å². The minimum atomic E-state index is -3.71. The summed E-state index contributed by atoms with van der Waals surface area (Å²) >= 11 is 0. The number of para-hydroxylation sites is 1. The summed E-state index contributed by atoms with van der Waals surface area (Å²) in [5.74, 6) is -0.0368. The van der Waals surface area contributed by atoms with Gasteiger partial charge in [0.25, 0.3) is 0 Å². The van der Waals surface area contributed by atoms with E-state index in [9.17, 15) is 18.5 Å². The minimum absolute atomic E-state index is 0.0368. The fraction of sp³-hybridized carbons (Fsp3) is 0.538. The fourth-order valence-corrected chi connectivity index (χ4v) is 3.36. The quantitative estimate of drug-likeness (QED) is 0.668. The van der Waals surface area contributed by atoms with E-state index in [1.54, 1.807) is 0 Å². The van der Waals surface area contributed by atoms with E-state index in [0.717, 1.165) is 25.5 Å². The summed E-state index contributed by atoms with van der Waals surface area (Å²) in [7, 11) is -3.71. The van der Waals surface area contributed by atoms with Crippen molar-refractivity contribution in [3.05, 3.63) is 28.3 Å². The molecule has 1 aliphatic carbocycles. The molecule has 116 valence electrons. The third kappa shape index (κ3) is 3.51. The Morgan fingerprint density at radius 2 is 2.00 bits per heavy atom. The highest BCUT2D eigenvalue weighted by Crippen LogP contribution is 2.35. The first kappa shape index (κ1) is 15.7. The number of benzene rings is 1. The number of rotatable bonds is 4. The van der Waals surface area contributed by atoms with Gasteiger partial charge in [-0.15, -0.1) is 0 Å². The van der Waals surface area contributed by atoms with Gasteiger partial charge in [0.05, 0.1) is 4.92 Å². The lowest BCUT2D eigenvalue weighted by Crippen LogP contribution is -2.41. The largest absolute Gasteiger partial charge is 0.482 e. The Morgan fingerprint density at radius 1 is 1.33 bits per heavy atom. The number of hydrogen-bond acceptors (Lipinski definition) is 6. The summed E-state index contributed by atoms with van der Waals surface area (Å²) in [6.45, 7) is 0. The number of nitro benzene ring substituents is 1. The van der Waals surface area contributed by atoms with Gasteiger partial charge in [-0.05, 0) is 31.4 Å². The van der Waals surface area contributed by atoms with Crippen LogP contribution in [-0.2, 0) is 9.84 Å². The van der Waals surface area contributed by atoms with Gasteiger partial charge >= 0.3 is 5.69 Å². The van der Waals surface area contributed by atoms with Gasteiger partial charge in [0.2, 0.25) is 0 Å². The highest BCUT2D eigenvalue weighted by Gasteiger charge is 2.31. The van der Waals surface area contributed by atoms with Crippen LogP contribution in [0.4, 0.5) is 5.69 Å². The van der Waals surface area contributed by atoms with Crippen LogP contribution in [0.25, 0.3) is 0 Å². The number of hydrogen-bond donors (Lipinski definition) is 1. The SMILES string of the molecule is CS(=O)(=O)c1cccc(OC2CCCCC2N)c1[N+](=O)[O-]. The van der Waals surface area contributed by atoms with Crippen LogP contribution in [0.15, 0.2) is 23.1 Å². The van der Waals surface area contributed by atoms with E-state index < -0.39 is 20.4 Å². The van der Waals surface area contributed by atoms with E-state index in [2.05, 4.69) is 0 Å². The number of nitro groups is 1. The van der Waals surface area contributed by atoms with E-state index in [4.69, 9.17) is 10.5 Å². The lowest BCUT2D eigenvalue weighted by atomic mass is 9.93. The summed E-state index contributed by atoms with van der Waals surface area (Å²) in [5.41, 5.74) is 5.45. The summed E-state index contributed by atoms with van der Waals surface area (Å²) < 4.78 is 29.0. The lowest BCUT2D eigenvalue weighted by Gasteiger charge is -2.29. The molecule has 2 N–H and O–H groups in total. The number of nitrogens with zero attached hydrogens (tertiary/aromatic N) is 1. The molecule has 0 spiro atoms. The maximum absolute atomic E-state index is 11.7. The van der Waals surface area contributed by atoms with Crippen molar-refractivity contribution in [3.8, 4) is 5.75 Å². The molecular weight excluding hydrogens is 296 g/mol. The van der Waals surface area contributed by atoms with Crippen LogP contribution in [0.1, 0.15) is 25.7 Å². The third-order valence-electron chi connectivity index (χ3n) is 3.58. The molecule has 8 heteroatoms. The van der Waals surface area contributed by atoms with Crippen LogP contribution in [0, 0.1) is 10.1 Å². The van der Waals surface area contributed by atoms with Crippen molar-refractivity contribution >= 4 is 15.5 Å². The lowest BCUT2D eigenvalue weighted by molar-refractivity contribution is -0.389. The molecule has 0 saturated heterocycles.